The first-order valence-corrected chi connectivity index (χ1v) is 8.03. The van der Waals surface area contributed by atoms with Gasteiger partial charge < -0.3 is 9.73 Å². The van der Waals surface area contributed by atoms with Gasteiger partial charge in [-0.2, -0.15) is 5.10 Å². The second-order valence-electron chi connectivity index (χ2n) is 5.17. The number of hydrazone groups is 1. The summed E-state index contributed by atoms with van der Waals surface area (Å²) in [6.45, 7) is 0. The van der Waals surface area contributed by atoms with Crippen molar-refractivity contribution in [2.24, 2.45) is 5.10 Å². The highest BCUT2D eigenvalue weighted by Gasteiger charge is 2.16. The third kappa shape index (κ3) is 4.31. The Kier molecular flexibility index (Phi) is 5.35. The average Bonchev–Trinajstić information content (AvgIpc) is 3.11. The number of anilines is 1. The summed E-state index contributed by atoms with van der Waals surface area (Å²) >= 11 is 5.14. The number of nitrogens with zero attached hydrogens (tertiary/aromatic N) is 2. The maximum Gasteiger partial charge on any atom is 0.280 e. The van der Waals surface area contributed by atoms with E-state index in [0.717, 1.165) is 5.69 Å². The van der Waals surface area contributed by atoms with Crippen LogP contribution in [0.25, 0.3) is 11.3 Å². The Morgan fingerprint density at radius 1 is 1.08 bits per heavy atom. The normalized spacial score (nSPS) is 10.6. The van der Waals surface area contributed by atoms with Gasteiger partial charge in [0.2, 0.25) is 0 Å². The van der Waals surface area contributed by atoms with Crippen LogP contribution in [0.2, 0.25) is 0 Å². The molecule has 3 rings (SSSR count). The molecule has 0 aliphatic heterocycles. The van der Waals surface area contributed by atoms with E-state index in [9.17, 15) is 10.1 Å². The van der Waals surface area contributed by atoms with Gasteiger partial charge in [-0.25, -0.2) is 0 Å². The van der Waals surface area contributed by atoms with Crippen LogP contribution in [0.3, 0.4) is 0 Å². The number of hydrogen-bond acceptors (Lipinski definition) is 5. The van der Waals surface area contributed by atoms with Crippen LogP contribution >= 0.6 is 12.2 Å². The average molecular weight is 366 g/mol. The monoisotopic (exact) mass is 366 g/mol. The predicted molar refractivity (Wildman–Crippen MR) is 104 cm³/mol. The summed E-state index contributed by atoms with van der Waals surface area (Å²) in [5.41, 5.74) is 3.92. The van der Waals surface area contributed by atoms with Crippen LogP contribution < -0.4 is 10.7 Å². The molecule has 0 atom stereocenters. The molecule has 1 aromatic heterocycles. The minimum Gasteiger partial charge on any atom is -0.455 e. The predicted octanol–water partition coefficient (Wildman–Crippen LogP) is 4.18. The van der Waals surface area contributed by atoms with Crippen LogP contribution in [0.1, 0.15) is 5.76 Å². The molecule has 0 radical (unpaired) electrons. The number of para-hydroxylation sites is 2. The molecule has 1 heterocycles. The van der Waals surface area contributed by atoms with Crippen LogP contribution in [0.5, 0.6) is 0 Å². The van der Waals surface area contributed by atoms with Gasteiger partial charge in [0.05, 0.1) is 16.7 Å². The lowest BCUT2D eigenvalue weighted by Gasteiger charge is -2.05. The van der Waals surface area contributed by atoms with Gasteiger partial charge in [0, 0.05) is 11.8 Å². The van der Waals surface area contributed by atoms with Crippen molar-refractivity contribution in [2.45, 2.75) is 0 Å². The van der Waals surface area contributed by atoms with Crippen LogP contribution in [0.15, 0.2) is 76.2 Å². The highest BCUT2D eigenvalue weighted by Crippen LogP contribution is 2.30. The zero-order valence-corrected chi connectivity index (χ0v) is 14.3. The maximum absolute atomic E-state index is 11.1. The highest BCUT2D eigenvalue weighted by atomic mass is 32.1. The fourth-order valence-corrected chi connectivity index (χ4v) is 2.41. The van der Waals surface area contributed by atoms with E-state index in [0.29, 0.717) is 22.2 Å². The molecular formula is C18H14N4O3S. The Morgan fingerprint density at radius 2 is 1.81 bits per heavy atom. The van der Waals surface area contributed by atoms with E-state index in [4.69, 9.17) is 16.6 Å². The first kappa shape index (κ1) is 17.3. The second-order valence-corrected chi connectivity index (χ2v) is 5.57. The molecule has 0 saturated heterocycles. The molecule has 2 aromatic carbocycles. The van der Waals surface area contributed by atoms with Crippen molar-refractivity contribution in [2.75, 3.05) is 5.32 Å². The van der Waals surface area contributed by atoms with Gasteiger partial charge in [0.15, 0.2) is 5.11 Å². The van der Waals surface area contributed by atoms with Crippen molar-refractivity contribution in [3.05, 3.63) is 82.6 Å². The quantitative estimate of drug-likeness (QED) is 0.305. The Balaban J connectivity index is 1.64. The topological polar surface area (TPSA) is 92.7 Å². The summed E-state index contributed by atoms with van der Waals surface area (Å²) in [7, 11) is 0. The summed E-state index contributed by atoms with van der Waals surface area (Å²) < 4.78 is 5.60. The lowest BCUT2D eigenvalue weighted by molar-refractivity contribution is -0.384. The molecule has 0 fully saturated rings. The molecule has 0 unspecified atom stereocenters. The number of nitro benzene ring substituents is 1. The molecule has 0 spiro atoms. The van der Waals surface area contributed by atoms with E-state index in [1.807, 2.05) is 30.3 Å². The summed E-state index contributed by atoms with van der Waals surface area (Å²) in [4.78, 5) is 10.7. The Morgan fingerprint density at radius 3 is 2.58 bits per heavy atom. The van der Waals surface area contributed by atoms with Crippen LogP contribution in [-0.4, -0.2) is 16.3 Å². The van der Waals surface area contributed by atoms with E-state index in [1.54, 1.807) is 30.3 Å². The number of thiocarbonyl (C=S) groups is 1. The van der Waals surface area contributed by atoms with E-state index in [-0.39, 0.29) is 5.69 Å². The van der Waals surface area contributed by atoms with Crippen molar-refractivity contribution in [3.8, 4) is 11.3 Å². The van der Waals surface area contributed by atoms with Gasteiger partial charge in [0.25, 0.3) is 5.69 Å². The van der Waals surface area contributed by atoms with Gasteiger partial charge in [0.1, 0.15) is 11.5 Å². The van der Waals surface area contributed by atoms with Gasteiger partial charge in [-0.15, -0.1) is 0 Å². The first-order valence-electron chi connectivity index (χ1n) is 7.62. The molecule has 8 heteroatoms. The van der Waals surface area contributed by atoms with Crippen molar-refractivity contribution in [1.29, 1.82) is 0 Å². The van der Waals surface area contributed by atoms with Crippen molar-refractivity contribution in [3.63, 3.8) is 0 Å². The number of hydrogen-bond donors (Lipinski definition) is 2. The van der Waals surface area contributed by atoms with Crippen LogP contribution in [0.4, 0.5) is 11.4 Å². The zero-order valence-electron chi connectivity index (χ0n) is 13.5. The molecule has 7 nitrogen and oxygen atoms in total. The summed E-state index contributed by atoms with van der Waals surface area (Å²) in [6, 6.07) is 19.2. The summed E-state index contributed by atoms with van der Waals surface area (Å²) in [5, 5.41) is 18.4. The fraction of sp³-hybridized carbons (Fsp3) is 0. The van der Waals surface area contributed by atoms with E-state index in [1.165, 1.54) is 12.3 Å². The molecule has 2 N–H and O–H groups in total. The molecule has 26 heavy (non-hydrogen) atoms. The molecule has 0 aliphatic rings. The second kappa shape index (κ2) is 8.04. The minimum absolute atomic E-state index is 0.0169. The molecule has 0 saturated carbocycles. The number of nitro groups is 1. The molecule has 0 bridgehead atoms. The standard InChI is InChI=1S/C18H14N4O3S/c23-22(24)16-9-5-4-8-15(16)17-11-10-14(25-17)12-19-21-18(26)20-13-6-2-1-3-7-13/h1-12H,(H2,20,21,26)/b19-12+. The molecular weight excluding hydrogens is 352 g/mol. The summed E-state index contributed by atoms with van der Waals surface area (Å²) in [5.74, 6) is 0.830. The molecule has 0 amide bonds. The van der Waals surface area contributed by atoms with Crippen molar-refractivity contribution >= 4 is 34.9 Å². The van der Waals surface area contributed by atoms with Crippen molar-refractivity contribution < 1.29 is 9.34 Å². The Labute approximate surface area is 154 Å². The van der Waals surface area contributed by atoms with Crippen molar-refractivity contribution in [1.82, 2.24) is 5.43 Å². The smallest absolute Gasteiger partial charge is 0.280 e. The van der Waals surface area contributed by atoms with Crippen LogP contribution in [-0.2, 0) is 0 Å². The highest BCUT2D eigenvalue weighted by molar-refractivity contribution is 7.80. The number of nitrogens with one attached hydrogen (secondary N) is 2. The Bertz CT molecular complexity index is 954. The number of rotatable bonds is 5. The Hall–Kier alpha value is -3.52. The van der Waals surface area contributed by atoms with E-state index < -0.39 is 4.92 Å². The fourth-order valence-electron chi connectivity index (χ4n) is 2.24. The molecule has 3 aromatic rings. The maximum atomic E-state index is 11.1. The minimum atomic E-state index is -0.444. The van der Waals surface area contributed by atoms with Gasteiger partial charge in [-0.3, -0.25) is 15.5 Å². The lowest BCUT2D eigenvalue weighted by Crippen LogP contribution is -2.23. The third-order valence-corrected chi connectivity index (χ3v) is 3.58. The van der Waals surface area contributed by atoms with Gasteiger partial charge in [-0.05, 0) is 42.5 Å². The van der Waals surface area contributed by atoms with Gasteiger partial charge in [-0.1, -0.05) is 30.3 Å². The summed E-state index contributed by atoms with van der Waals surface area (Å²) in [6.07, 6.45) is 1.44. The SMILES string of the molecule is O=[N+]([O-])c1ccccc1-c1ccc(/C=N/NC(=S)Nc2ccccc2)o1. The van der Waals surface area contributed by atoms with E-state index >= 15 is 0 Å². The zero-order chi connectivity index (χ0) is 18.4. The largest absolute Gasteiger partial charge is 0.455 e. The third-order valence-electron chi connectivity index (χ3n) is 3.38. The van der Waals surface area contributed by atoms with E-state index in [2.05, 4.69) is 15.8 Å². The molecule has 0 aliphatic carbocycles. The first-order chi connectivity index (χ1) is 12.6. The lowest BCUT2D eigenvalue weighted by atomic mass is 10.1. The molecule has 130 valence electrons. The van der Waals surface area contributed by atoms with Gasteiger partial charge >= 0.3 is 0 Å². The van der Waals surface area contributed by atoms with Crippen LogP contribution in [0, 0.1) is 10.1 Å². The number of benzene rings is 2. The number of furan rings is 1.